The Bertz CT molecular complexity index is 1680. The highest BCUT2D eigenvalue weighted by atomic mass is 19.5. The van der Waals surface area contributed by atoms with Crippen LogP contribution in [0.3, 0.4) is 0 Å². The number of hydrogen-bond donors (Lipinski definition) is 4. The van der Waals surface area contributed by atoms with E-state index >= 15 is 0 Å². The topological polar surface area (TPSA) is 187 Å². The third kappa shape index (κ3) is 14.2. The number of imidazole rings is 1. The summed E-state index contributed by atoms with van der Waals surface area (Å²) in [6.07, 6.45) is -10.4. The summed E-state index contributed by atoms with van der Waals surface area (Å²) in [5, 5.41) is 28.4. The molecule has 1 fully saturated rings. The van der Waals surface area contributed by atoms with Gasteiger partial charge in [0.25, 0.3) is 18.9 Å². The van der Waals surface area contributed by atoms with Gasteiger partial charge in [-0.25, -0.2) is 18.7 Å². The number of pyridine rings is 1. The summed E-state index contributed by atoms with van der Waals surface area (Å²) in [5.74, 6) is -2.03. The molecule has 4 N–H and O–H groups in total. The van der Waals surface area contributed by atoms with Gasteiger partial charge in [0.15, 0.2) is 11.5 Å². The number of benzene rings is 1. The van der Waals surface area contributed by atoms with Gasteiger partial charge >= 0.3 is 24.5 Å². The molecular weight excluding hydrogens is 722 g/mol. The molecule has 23 heteroatoms. The molecule has 1 aliphatic rings. The van der Waals surface area contributed by atoms with Crippen LogP contribution in [-0.4, -0.2) is 84.8 Å². The van der Waals surface area contributed by atoms with Crippen molar-refractivity contribution in [3.8, 4) is 0 Å². The van der Waals surface area contributed by atoms with Crippen LogP contribution in [0.2, 0.25) is 0 Å². The quantitative estimate of drug-likeness (QED) is 0.142. The van der Waals surface area contributed by atoms with Gasteiger partial charge < -0.3 is 25.5 Å². The first-order valence-electron chi connectivity index (χ1n) is 13.4. The molecule has 1 aliphatic heterocycles. The van der Waals surface area contributed by atoms with Crippen molar-refractivity contribution in [3.63, 3.8) is 0 Å². The van der Waals surface area contributed by atoms with Gasteiger partial charge in [0, 0.05) is 18.9 Å². The lowest BCUT2D eigenvalue weighted by Crippen LogP contribution is -2.30. The number of nitrogens with zero attached hydrogens (tertiary/aromatic N) is 5. The predicted molar refractivity (Wildman–Crippen MR) is 154 cm³/mol. The highest BCUT2D eigenvalue weighted by molar-refractivity contribution is 6.03. The number of aromatic nitrogens is 4. The van der Waals surface area contributed by atoms with Crippen LogP contribution >= 0.6 is 0 Å². The highest BCUT2D eigenvalue weighted by Gasteiger charge is 2.58. The fourth-order valence-electron chi connectivity index (χ4n) is 3.84. The maximum atomic E-state index is 13.3. The van der Waals surface area contributed by atoms with Crippen molar-refractivity contribution >= 4 is 42.1 Å². The van der Waals surface area contributed by atoms with Gasteiger partial charge in [0.1, 0.15) is 11.6 Å². The minimum atomic E-state index is -6.06. The summed E-state index contributed by atoms with van der Waals surface area (Å²) in [4.78, 5) is 48.6. The fraction of sp³-hybridized carbons (Fsp3) is 0.250. The van der Waals surface area contributed by atoms with Crippen LogP contribution in [0, 0.1) is 5.82 Å². The average Bonchev–Trinajstić information content (AvgIpc) is 3.69. The van der Waals surface area contributed by atoms with Gasteiger partial charge in [-0.3, -0.25) is 19.4 Å². The molecule has 13 nitrogen and oxygen atoms in total. The Balaban J connectivity index is 0.000000510. The lowest BCUT2D eigenvalue weighted by Gasteiger charge is -2.26. The molecule has 5 rings (SSSR count). The largest absolute Gasteiger partial charge is 0.490 e. The summed E-state index contributed by atoms with van der Waals surface area (Å²) >= 11 is 0. The summed E-state index contributed by atoms with van der Waals surface area (Å²) in [5.41, 5.74) is 2.17. The third-order valence-corrected chi connectivity index (χ3v) is 5.84. The van der Waals surface area contributed by atoms with Crippen molar-refractivity contribution in [2.45, 2.75) is 37.4 Å². The summed E-state index contributed by atoms with van der Waals surface area (Å²) in [7, 11) is 0. The minimum absolute atomic E-state index is 0.156. The van der Waals surface area contributed by atoms with E-state index < -0.39 is 24.5 Å². The second kappa shape index (κ2) is 19.2. The van der Waals surface area contributed by atoms with Crippen LogP contribution in [0.4, 0.5) is 55.5 Å². The van der Waals surface area contributed by atoms with Gasteiger partial charge in [-0.15, -0.1) is 5.10 Å². The Hall–Kier alpha value is -6.03. The van der Waals surface area contributed by atoms with Gasteiger partial charge in [-0.2, -0.15) is 39.5 Å². The number of alkyl halides is 9. The number of rotatable bonds is 4. The van der Waals surface area contributed by atoms with Crippen LogP contribution < -0.4 is 10.2 Å². The molecule has 1 unspecified atom stereocenters. The molecule has 0 spiro atoms. The van der Waals surface area contributed by atoms with E-state index in [2.05, 4.69) is 20.2 Å². The lowest BCUT2D eigenvalue weighted by molar-refractivity contribution is -0.339. The Labute approximate surface area is 278 Å². The van der Waals surface area contributed by atoms with Crippen molar-refractivity contribution in [3.05, 3.63) is 84.1 Å². The molecule has 0 bridgehead atoms. The maximum Gasteiger partial charge on any atom is 0.490 e. The van der Waals surface area contributed by atoms with E-state index in [1.54, 1.807) is 29.0 Å². The third-order valence-electron chi connectivity index (χ3n) is 5.84. The second-order valence-electron chi connectivity index (χ2n) is 9.23. The van der Waals surface area contributed by atoms with Crippen molar-refractivity contribution in [2.75, 3.05) is 16.8 Å². The number of fused-ring (bicyclic) bond motifs is 1. The monoisotopic (exact) mass is 746 g/mol. The molecule has 1 amide bonds. The number of carbonyl (C=O) groups is 4. The Morgan fingerprint density at radius 1 is 0.882 bits per heavy atom. The van der Waals surface area contributed by atoms with Crippen LogP contribution in [-0.2, 0) is 14.4 Å². The SMILES string of the molecule is FC(F)(F)C(F)(F)F.O=C(Nc1cn2nc(N3CCCC3c3ccc(F)cc3)ccc2n1)c1cccnc1.O=C(O)C(F)(F)F.O=CO.O=CO. The van der Waals surface area contributed by atoms with E-state index in [1.165, 1.54) is 18.3 Å². The number of halogens is 10. The molecule has 1 aromatic carbocycles. The molecule has 4 aromatic rings. The van der Waals surface area contributed by atoms with Crippen molar-refractivity contribution < 1.29 is 78.4 Å². The van der Waals surface area contributed by atoms with E-state index in [9.17, 15) is 48.7 Å². The van der Waals surface area contributed by atoms with E-state index in [4.69, 9.17) is 34.8 Å². The van der Waals surface area contributed by atoms with Crippen molar-refractivity contribution in [1.82, 2.24) is 19.6 Å². The molecule has 0 radical (unpaired) electrons. The molecular formula is C28H24F10N6O7. The van der Waals surface area contributed by atoms with E-state index in [-0.39, 0.29) is 30.7 Å². The summed E-state index contributed by atoms with van der Waals surface area (Å²) < 4.78 is 109. The van der Waals surface area contributed by atoms with Gasteiger partial charge in [-0.1, -0.05) is 12.1 Å². The maximum absolute atomic E-state index is 13.3. The van der Waals surface area contributed by atoms with Crippen LogP contribution in [0.5, 0.6) is 0 Å². The minimum Gasteiger partial charge on any atom is -0.483 e. The molecule has 4 heterocycles. The fourth-order valence-corrected chi connectivity index (χ4v) is 3.84. The summed E-state index contributed by atoms with van der Waals surface area (Å²) in [6.45, 7) is 0.375. The Morgan fingerprint density at radius 3 is 1.90 bits per heavy atom. The molecule has 1 saturated heterocycles. The van der Waals surface area contributed by atoms with Gasteiger partial charge in [0.2, 0.25) is 0 Å². The normalized spacial score (nSPS) is 13.8. The van der Waals surface area contributed by atoms with Gasteiger partial charge in [0.05, 0.1) is 17.8 Å². The van der Waals surface area contributed by atoms with Crippen molar-refractivity contribution in [1.29, 1.82) is 0 Å². The second-order valence-corrected chi connectivity index (χ2v) is 9.23. The number of carbonyl (C=O) groups excluding carboxylic acids is 1. The number of amides is 1. The smallest absolute Gasteiger partial charge is 0.483 e. The van der Waals surface area contributed by atoms with Crippen molar-refractivity contribution in [2.24, 2.45) is 0 Å². The average molecular weight is 747 g/mol. The number of hydrogen-bond acceptors (Lipinski definition) is 8. The Morgan fingerprint density at radius 2 is 1.43 bits per heavy atom. The zero-order chi connectivity index (χ0) is 39.0. The Kier molecular flexibility index (Phi) is 16.2. The molecule has 0 aliphatic carbocycles. The van der Waals surface area contributed by atoms with E-state index in [1.807, 2.05) is 24.3 Å². The summed E-state index contributed by atoms with van der Waals surface area (Å²) in [6, 6.07) is 14.0. The molecule has 0 saturated carbocycles. The van der Waals surface area contributed by atoms with E-state index in [0.717, 1.165) is 30.8 Å². The number of carboxylic acid groups (broad SMARTS) is 3. The van der Waals surface area contributed by atoms with Crippen LogP contribution in [0.15, 0.2) is 67.1 Å². The first-order valence-corrected chi connectivity index (χ1v) is 13.4. The number of anilines is 2. The molecule has 51 heavy (non-hydrogen) atoms. The van der Waals surface area contributed by atoms with Gasteiger partial charge in [-0.05, 0) is 54.8 Å². The zero-order valence-corrected chi connectivity index (χ0v) is 25.2. The first-order chi connectivity index (χ1) is 23.7. The standard InChI is InChI=1S/C22H19FN6O.C2F6.C2HF3O2.2CH2O2/c23-17-7-5-15(6-8-17)18-4-2-12-28(18)21-10-9-20-25-19(14-29(20)27-21)26-22(30)16-3-1-11-24-13-16;3-1(4,5)2(6,7)8;3-2(4,5)1(6)7;2*2-1-3/h1,3,5-11,13-14,18H,2,4,12H2,(H,26,30);;(H,6,7);2*1H,(H,2,3). The van der Waals surface area contributed by atoms with Crippen LogP contribution in [0.25, 0.3) is 5.65 Å². The highest BCUT2D eigenvalue weighted by Crippen LogP contribution is 2.36. The molecule has 3 aromatic heterocycles. The predicted octanol–water partition coefficient (Wildman–Crippen LogP) is 6.00. The van der Waals surface area contributed by atoms with Crippen LogP contribution in [0.1, 0.15) is 34.8 Å². The zero-order valence-electron chi connectivity index (χ0n) is 25.2. The molecule has 1 atom stereocenters. The lowest BCUT2D eigenvalue weighted by atomic mass is 10.0. The van der Waals surface area contributed by atoms with E-state index in [0.29, 0.717) is 17.0 Å². The molecule has 278 valence electrons. The number of aliphatic carboxylic acids is 1. The first kappa shape index (κ1) is 43.0. The number of carboxylic acids is 1. The number of nitrogens with one attached hydrogen (secondary N) is 1.